The van der Waals surface area contributed by atoms with E-state index in [1.807, 2.05) is 0 Å². The quantitative estimate of drug-likeness (QED) is 0.454. The van der Waals surface area contributed by atoms with Crippen molar-refractivity contribution in [1.29, 1.82) is 0 Å². The second-order valence-electron chi connectivity index (χ2n) is 2.66. The number of carboxylic acid groups (broad SMARTS) is 1. The highest BCUT2D eigenvalue weighted by atomic mass is 19.4. The van der Waals surface area contributed by atoms with Gasteiger partial charge in [0.05, 0.1) is 5.34 Å². The Balaban J connectivity index is 5.35. The number of hydrogen-bond donors (Lipinski definition) is 1. The number of rotatable bonds is 5. The SMILES string of the molecule is CCC(F)C(F)(F)[C@@](F)(C(=O)O)N(F)F. The molecular formula is C6H7F6NO2. The number of aliphatic carboxylic acids is 1. The fourth-order valence-electron chi connectivity index (χ4n) is 0.791. The minimum absolute atomic E-state index is 0.835. The van der Waals surface area contributed by atoms with Crippen LogP contribution in [-0.4, -0.2) is 34.3 Å². The maximum Gasteiger partial charge on any atom is 0.381 e. The van der Waals surface area contributed by atoms with Gasteiger partial charge in [0, 0.05) is 0 Å². The van der Waals surface area contributed by atoms with Gasteiger partial charge in [-0.1, -0.05) is 15.9 Å². The van der Waals surface area contributed by atoms with Crippen LogP contribution in [0, 0.1) is 0 Å². The van der Waals surface area contributed by atoms with Crippen LogP contribution in [0.4, 0.5) is 26.5 Å². The molecule has 0 spiro atoms. The molecule has 15 heavy (non-hydrogen) atoms. The molecule has 0 aromatic rings. The van der Waals surface area contributed by atoms with E-state index in [1.54, 1.807) is 0 Å². The Morgan fingerprint density at radius 2 is 1.80 bits per heavy atom. The van der Waals surface area contributed by atoms with Crippen LogP contribution >= 0.6 is 0 Å². The summed E-state index contributed by atoms with van der Waals surface area (Å²) < 4.78 is 74.3. The van der Waals surface area contributed by atoms with Crippen LogP contribution in [0.25, 0.3) is 0 Å². The Kier molecular flexibility index (Phi) is 3.97. The summed E-state index contributed by atoms with van der Waals surface area (Å²) in [4.78, 5) is 9.99. The maximum atomic E-state index is 12.8. The summed E-state index contributed by atoms with van der Waals surface area (Å²) >= 11 is 0. The Labute approximate surface area is 80.1 Å². The molecule has 0 rings (SSSR count). The summed E-state index contributed by atoms with van der Waals surface area (Å²) in [6.45, 7) is 0.835. The molecule has 0 heterocycles. The van der Waals surface area contributed by atoms with Crippen LogP contribution in [0.1, 0.15) is 13.3 Å². The highest BCUT2D eigenvalue weighted by Gasteiger charge is 2.71. The van der Waals surface area contributed by atoms with Gasteiger partial charge in [0.15, 0.2) is 6.17 Å². The summed E-state index contributed by atoms with van der Waals surface area (Å²) in [6.07, 6.45) is -4.33. The molecule has 90 valence electrons. The fraction of sp³-hybridized carbons (Fsp3) is 0.833. The predicted octanol–water partition coefficient (Wildman–Crippen LogP) is 2.19. The van der Waals surface area contributed by atoms with Gasteiger partial charge in [-0.25, -0.2) is 13.6 Å². The van der Waals surface area contributed by atoms with Crippen molar-refractivity contribution < 1.29 is 36.4 Å². The van der Waals surface area contributed by atoms with Crippen LogP contribution < -0.4 is 0 Å². The Morgan fingerprint density at radius 3 is 2.00 bits per heavy atom. The van der Waals surface area contributed by atoms with Crippen molar-refractivity contribution in [2.24, 2.45) is 0 Å². The maximum absolute atomic E-state index is 12.8. The molecule has 1 unspecified atom stereocenters. The van der Waals surface area contributed by atoms with Crippen molar-refractivity contribution in [3.05, 3.63) is 0 Å². The van der Waals surface area contributed by atoms with Crippen molar-refractivity contribution in [2.75, 3.05) is 0 Å². The molecule has 0 aromatic carbocycles. The van der Waals surface area contributed by atoms with Gasteiger partial charge in [-0.05, 0) is 6.42 Å². The van der Waals surface area contributed by atoms with Crippen molar-refractivity contribution in [3.8, 4) is 0 Å². The minimum Gasteiger partial charge on any atom is -0.478 e. The summed E-state index contributed by atoms with van der Waals surface area (Å²) in [6, 6.07) is 0. The molecule has 9 heteroatoms. The van der Waals surface area contributed by atoms with Crippen LogP contribution in [0.5, 0.6) is 0 Å². The molecule has 2 atom stereocenters. The molecule has 0 aliphatic heterocycles. The van der Waals surface area contributed by atoms with Crippen LogP contribution in [0.15, 0.2) is 0 Å². The van der Waals surface area contributed by atoms with Crippen molar-refractivity contribution >= 4 is 5.97 Å². The third kappa shape index (κ3) is 2.01. The topological polar surface area (TPSA) is 40.5 Å². The lowest BCUT2D eigenvalue weighted by molar-refractivity contribution is -0.346. The van der Waals surface area contributed by atoms with Gasteiger partial charge < -0.3 is 5.11 Å². The van der Waals surface area contributed by atoms with E-state index in [0.717, 1.165) is 6.92 Å². The van der Waals surface area contributed by atoms with Crippen LogP contribution in [-0.2, 0) is 4.79 Å². The standard InChI is InChI=1S/C6H7F6NO2/c1-2-3(7)5(8,9)6(10,4(14)15)13(11)12/h3H,2H2,1H3,(H,14,15)/t3?,6-/m1/s1. The molecular weight excluding hydrogens is 232 g/mol. The van der Waals surface area contributed by atoms with E-state index in [0.29, 0.717) is 0 Å². The molecule has 0 fully saturated rings. The summed E-state index contributed by atoms with van der Waals surface area (Å²) in [7, 11) is 0. The van der Waals surface area contributed by atoms with E-state index in [9.17, 15) is 31.3 Å². The van der Waals surface area contributed by atoms with Gasteiger partial charge in [-0.3, -0.25) is 0 Å². The Bertz CT molecular complexity index is 248. The molecule has 0 aliphatic rings. The highest BCUT2D eigenvalue weighted by molar-refractivity contribution is 5.78. The Hall–Kier alpha value is -0.990. The second kappa shape index (κ2) is 4.25. The van der Waals surface area contributed by atoms with Gasteiger partial charge in [0.1, 0.15) is 0 Å². The molecule has 0 radical (unpaired) electrons. The Morgan fingerprint density at radius 1 is 1.40 bits per heavy atom. The highest BCUT2D eigenvalue weighted by Crippen LogP contribution is 2.41. The first kappa shape index (κ1) is 14.0. The molecule has 1 N–H and O–H groups in total. The lowest BCUT2D eigenvalue weighted by Crippen LogP contribution is -2.61. The first-order valence-electron chi connectivity index (χ1n) is 3.68. The summed E-state index contributed by atoms with van der Waals surface area (Å²) in [5, 5.41) is 5.09. The average Bonchev–Trinajstić information content (AvgIpc) is 2.13. The number of carbonyl (C=O) groups is 1. The molecule has 0 aromatic heterocycles. The van der Waals surface area contributed by atoms with Crippen molar-refractivity contribution in [1.82, 2.24) is 5.34 Å². The third-order valence-corrected chi connectivity index (χ3v) is 1.71. The monoisotopic (exact) mass is 239 g/mol. The average molecular weight is 239 g/mol. The number of halogens is 6. The van der Waals surface area contributed by atoms with E-state index < -0.39 is 35.6 Å². The first-order chi connectivity index (χ1) is 6.62. The van der Waals surface area contributed by atoms with E-state index in [4.69, 9.17) is 5.11 Å². The van der Waals surface area contributed by atoms with E-state index in [-0.39, 0.29) is 0 Å². The zero-order chi connectivity index (χ0) is 12.4. The van der Waals surface area contributed by atoms with Gasteiger partial charge in [-0.2, -0.15) is 8.78 Å². The van der Waals surface area contributed by atoms with Crippen LogP contribution in [0.2, 0.25) is 0 Å². The number of nitrogens with zero attached hydrogens (tertiary/aromatic N) is 1. The van der Waals surface area contributed by atoms with Crippen molar-refractivity contribution in [3.63, 3.8) is 0 Å². The van der Waals surface area contributed by atoms with E-state index in [1.165, 1.54) is 0 Å². The number of hydrogen-bond acceptors (Lipinski definition) is 2. The second-order valence-corrected chi connectivity index (χ2v) is 2.66. The normalized spacial score (nSPS) is 18.7. The van der Waals surface area contributed by atoms with Gasteiger partial charge >= 0.3 is 17.7 Å². The summed E-state index contributed by atoms with van der Waals surface area (Å²) in [5.41, 5.74) is 0. The predicted molar refractivity (Wildman–Crippen MR) is 35.7 cm³/mol. The molecule has 0 saturated carbocycles. The molecule has 0 amide bonds. The zero-order valence-electron chi connectivity index (χ0n) is 7.35. The fourth-order valence-corrected chi connectivity index (χ4v) is 0.791. The molecule has 0 bridgehead atoms. The van der Waals surface area contributed by atoms with Crippen molar-refractivity contribution in [2.45, 2.75) is 31.2 Å². The van der Waals surface area contributed by atoms with Crippen LogP contribution in [0.3, 0.4) is 0 Å². The lowest BCUT2D eigenvalue weighted by atomic mass is 10.0. The molecule has 0 saturated heterocycles. The largest absolute Gasteiger partial charge is 0.478 e. The van der Waals surface area contributed by atoms with E-state index in [2.05, 4.69) is 0 Å². The number of carboxylic acids is 1. The van der Waals surface area contributed by atoms with Gasteiger partial charge in [-0.15, -0.1) is 0 Å². The van der Waals surface area contributed by atoms with E-state index >= 15 is 0 Å². The number of alkyl halides is 4. The molecule has 0 aliphatic carbocycles. The third-order valence-electron chi connectivity index (χ3n) is 1.71. The van der Waals surface area contributed by atoms with Gasteiger partial charge in [0.2, 0.25) is 0 Å². The first-order valence-corrected chi connectivity index (χ1v) is 3.68. The lowest BCUT2D eigenvalue weighted by Gasteiger charge is -2.30. The summed E-state index contributed by atoms with van der Waals surface area (Å²) in [5.74, 6) is -13.9. The molecule has 3 nitrogen and oxygen atoms in total. The minimum atomic E-state index is -5.37. The van der Waals surface area contributed by atoms with Gasteiger partial charge in [0.25, 0.3) is 0 Å². The smallest absolute Gasteiger partial charge is 0.381 e. The zero-order valence-corrected chi connectivity index (χ0v) is 7.35.